The van der Waals surface area contributed by atoms with Gasteiger partial charge in [-0.3, -0.25) is 9.59 Å². The molecule has 2 N–H and O–H groups in total. The quantitative estimate of drug-likeness (QED) is 0.872. The Morgan fingerprint density at radius 1 is 1.47 bits per heavy atom. The van der Waals surface area contributed by atoms with Gasteiger partial charge in [0.2, 0.25) is 5.91 Å². The van der Waals surface area contributed by atoms with Crippen molar-refractivity contribution >= 4 is 23.2 Å². The van der Waals surface area contributed by atoms with E-state index in [9.17, 15) is 9.59 Å². The summed E-state index contributed by atoms with van der Waals surface area (Å²) >= 11 is 1.56. The fraction of sp³-hybridized carbons (Fsp3) is 0.571. The zero-order valence-corrected chi connectivity index (χ0v) is 11.8. The van der Waals surface area contributed by atoms with Crippen LogP contribution in [0.25, 0.3) is 0 Å². The van der Waals surface area contributed by atoms with Crippen molar-refractivity contribution in [1.82, 2.24) is 5.32 Å². The Kier molecular flexibility index (Phi) is 4.24. The molecule has 1 amide bonds. The molecule has 5 heteroatoms. The molecule has 1 fully saturated rings. The third kappa shape index (κ3) is 3.35. The van der Waals surface area contributed by atoms with Gasteiger partial charge >= 0.3 is 5.97 Å². The monoisotopic (exact) mass is 281 g/mol. The van der Waals surface area contributed by atoms with Crippen LogP contribution in [0.1, 0.15) is 50.5 Å². The fourth-order valence-electron chi connectivity index (χ4n) is 2.73. The summed E-state index contributed by atoms with van der Waals surface area (Å²) in [6.45, 7) is 1.86. The lowest BCUT2D eigenvalue weighted by Gasteiger charge is -2.30. The average molecular weight is 281 g/mol. The normalized spacial score (nSPS) is 19.0. The second kappa shape index (κ2) is 5.74. The third-order valence-electron chi connectivity index (χ3n) is 3.88. The van der Waals surface area contributed by atoms with Gasteiger partial charge in [-0.15, -0.1) is 0 Å². The zero-order chi connectivity index (χ0) is 13.9. The molecule has 1 aromatic rings. The van der Waals surface area contributed by atoms with E-state index in [-0.39, 0.29) is 18.2 Å². The van der Waals surface area contributed by atoms with Crippen molar-refractivity contribution in [2.24, 2.45) is 0 Å². The highest BCUT2D eigenvalue weighted by molar-refractivity contribution is 7.08. The van der Waals surface area contributed by atoms with E-state index >= 15 is 0 Å². The number of amides is 1. The van der Waals surface area contributed by atoms with Crippen LogP contribution in [0.3, 0.4) is 0 Å². The summed E-state index contributed by atoms with van der Waals surface area (Å²) in [4.78, 5) is 23.3. The summed E-state index contributed by atoms with van der Waals surface area (Å²) < 4.78 is 0. The topological polar surface area (TPSA) is 66.4 Å². The summed E-state index contributed by atoms with van der Waals surface area (Å²) in [6, 6.07) is 1.94. The minimum Gasteiger partial charge on any atom is -0.481 e. The van der Waals surface area contributed by atoms with Crippen molar-refractivity contribution < 1.29 is 14.7 Å². The summed E-state index contributed by atoms with van der Waals surface area (Å²) in [5.41, 5.74) is 0.457. The number of carboxylic acids is 1. The van der Waals surface area contributed by atoms with E-state index in [1.165, 1.54) is 0 Å². The summed E-state index contributed by atoms with van der Waals surface area (Å²) in [6.07, 6.45) is 3.53. The highest BCUT2D eigenvalue weighted by Crippen LogP contribution is 2.33. The van der Waals surface area contributed by atoms with Crippen LogP contribution >= 0.6 is 11.3 Å². The Bertz CT molecular complexity index is 449. The molecule has 0 bridgehead atoms. The predicted octanol–water partition coefficient (Wildman–Crippen LogP) is 2.76. The zero-order valence-electron chi connectivity index (χ0n) is 11.0. The Hall–Kier alpha value is -1.36. The van der Waals surface area contributed by atoms with E-state index < -0.39 is 11.5 Å². The fourth-order valence-corrected chi connectivity index (χ4v) is 3.48. The predicted molar refractivity (Wildman–Crippen MR) is 74.3 cm³/mol. The molecule has 104 valence electrons. The minimum atomic E-state index is -0.842. The lowest BCUT2D eigenvalue weighted by Crippen LogP contribution is -2.49. The van der Waals surface area contributed by atoms with Gasteiger partial charge < -0.3 is 10.4 Å². The van der Waals surface area contributed by atoms with Crippen LogP contribution < -0.4 is 5.32 Å². The van der Waals surface area contributed by atoms with Crippen LogP contribution in [0.2, 0.25) is 0 Å². The molecule has 0 saturated heterocycles. The summed E-state index contributed by atoms with van der Waals surface area (Å²) in [7, 11) is 0. The first-order valence-electron chi connectivity index (χ1n) is 6.58. The first-order valence-corrected chi connectivity index (χ1v) is 7.53. The lowest BCUT2D eigenvalue weighted by atomic mass is 9.91. The van der Waals surface area contributed by atoms with Crippen molar-refractivity contribution in [2.75, 3.05) is 0 Å². The van der Waals surface area contributed by atoms with Crippen LogP contribution in [0.4, 0.5) is 0 Å². The standard InChI is InChI=1S/C14H19NO3S/c1-10(11-4-7-19-9-11)13(18)15-14(8-12(16)17)5-2-3-6-14/h4,7,9-10H,2-3,5-6,8H2,1H3,(H,15,18)(H,16,17). The van der Waals surface area contributed by atoms with E-state index in [4.69, 9.17) is 5.11 Å². The minimum absolute atomic E-state index is 0.0229. The van der Waals surface area contributed by atoms with E-state index in [0.717, 1.165) is 31.2 Å². The molecule has 0 radical (unpaired) electrons. The molecule has 1 aromatic heterocycles. The summed E-state index contributed by atoms with van der Waals surface area (Å²) in [5.74, 6) is -1.13. The van der Waals surface area contributed by atoms with Gasteiger partial charge in [0.1, 0.15) is 0 Å². The molecule has 2 rings (SSSR count). The van der Waals surface area contributed by atoms with E-state index in [2.05, 4.69) is 5.32 Å². The van der Waals surface area contributed by atoms with Crippen LogP contribution in [0.15, 0.2) is 16.8 Å². The number of carboxylic acid groups (broad SMARTS) is 1. The van der Waals surface area contributed by atoms with Gasteiger partial charge in [0.25, 0.3) is 0 Å². The maximum absolute atomic E-state index is 12.3. The van der Waals surface area contributed by atoms with Crippen molar-refractivity contribution in [3.63, 3.8) is 0 Å². The first kappa shape index (κ1) is 14.1. The van der Waals surface area contributed by atoms with E-state index in [1.54, 1.807) is 11.3 Å². The molecule has 19 heavy (non-hydrogen) atoms. The Labute approximate surface area is 116 Å². The molecule has 1 unspecified atom stereocenters. The average Bonchev–Trinajstić information content (AvgIpc) is 2.98. The maximum Gasteiger partial charge on any atom is 0.305 e. The molecular weight excluding hydrogens is 262 g/mol. The number of carbonyl (C=O) groups is 2. The molecule has 1 atom stereocenters. The number of carbonyl (C=O) groups excluding carboxylic acids is 1. The number of nitrogens with one attached hydrogen (secondary N) is 1. The van der Waals surface area contributed by atoms with Gasteiger partial charge in [0.15, 0.2) is 0 Å². The molecule has 0 aliphatic heterocycles. The van der Waals surface area contributed by atoms with Crippen molar-refractivity contribution in [3.8, 4) is 0 Å². The van der Waals surface area contributed by atoms with Gasteiger partial charge in [-0.1, -0.05) is 12.8 Å². The highest BCUT2D eigenvalue weighted by Gasteiger charge is 2.38. The van der Waals surface area contributed by atoms with E-state index in [0.29, 0.717) is 0 Å². The maximum atomic E-state index is 12.3. The largest absolute Gasteiger partial charge is 0.481 e. The second-order valence-corrected chi connectivity index (χ2v) is 6.11. The van der Waals surface area contributed by atoms with Crippen LogP contribution in [0.5, 0.6) is 0 Å². The third-order valence-corrected chi connectivity index (χ3v) is 4.58. The Morgan fingerprint density at radius 3 is 2.68 bits per heavy atom. The molecule has 1 aliphatic rings. The number of hydrogen-bond acceptors (Lipinski definition) is 3. The number of aliphatic carboxylic acids is 1. The van der Waals surface area contributed by atoms with Gasteiger partial charge in [-0.2, -0.15) is 11.3 Å². The highest BCUT2D eigenvalue weighted by atomic mass is 32.1. The second-order valence-electron chi connectivity index (χ2n) is 5.33. The number of thiophene rings is 1. The lowest BCUT2D eigenvalue weighted by molar-refractivity contribution is -0.139. The smallest absolute Gasteiger partial charge is 0.305 e. The number of rotatable bonds is 5. The number of hydrogen-bond donors (Lipinski definition) is 2. The van der Waals surface area contributed by atoms with Crippen molar-refractivity contribution in [3.05, 3.63) is 22.4 Å². The van der Waals surface area contributed by atoms with Gasteiger partial charge in [0.05, 0.1) is 17.9 Å². The van der Waals surface area contributed by atoms with Gasteiger partial charge in [0, 0.05) is 0 Å². The Morgan fingerprint density at radius 2 is 2.16 bits per heavy atom. The molecular formula is C14H19NO3S. The molecule has 1 heterocycles. The van der Waals surface area contributed by atoms with Crippen LogP contribution in [-0.4, -0.2) is 22.5 Å². The van der Waals surface area contributed by atoms with Crippen LogP contribution in [0, 0.1) is 0 Å². The first-order chi connectivity index (χ1) is 9.02. The van der Waals surface area contributed by atoms with Crippen molar-refractivity contribution in [1.29, 1.82) is 0 Å². The van der Waals surface area contributed by atoms with Crippen LogP contribution in [-0.2, 0) is 9.59 Å². The molecule has 1 saturated carbocycles. The molecule has 4 nitrogen and oxygen atoms in total. The summed E-state index contributed by atoms with van der Waals surface area (Å²) in [5, 5.41) is 15.9. The van der Waals surface area contributed by atoms with Gasteiger partial charge in [-0.25, -0.2) is 0 Å². The van der Waals surface area contributed by atoms with Crippen molar-refractivity contribution in [2.45, 2.75) is 50.5 Å². The van der Waals surface area contributed by atoms with Gasteiger partial charge in [-0.05, 0) is 42.2 Å². The molecule has 1 aliphatic carbocycles. The van der Waals surface area contributed by atoms with E-state index in [1.807, 2.05) is 23.8 Å². The SMILES string of the molecule is CC(C(=O)NC1(CC(=O)O)CCCC1)c1ccsc1. The molecule has 0 spiro atoms. The Balaban J connectivity index is 2.05. The molecule has 0 aromatic carbocycles.